The van der Waals surface area contributed by atoms with Crippen LogP contribution >= 0.6 is 0 Å². The van der Waals surface area contributed by atoms with Gasteiger partial charge in [0.25, 0.3) is 0 Å². The lowest BCUT2D eigenvalue weighted by molar-refractivity contribution is 0.402. The van der Waals surface area contributed by atoms with E-state index >= 15 is 0 Å². The van der Waals surface area contributed by atoms with Gasteiger partial charge in [0.2, 0.25) is 0 Å². The van der Waals surface area contributed by atoms with Crippen LogP contribution in [-0.2, 0) is 0 Å². The summed E-state index contributed by atoms with van der Waals surface area (Å²) in [6.45, 7) is 1.85. The first-order valence-electron chi connectivity index (χ1n) is 4.99. The van der Waals surface area contributed by atoms with Gasteiger partial charge in [-0.2, -0.15) is 0 Å². The highest BCUT2D eigenvalue weighted by Crippen LogP contribution is 2.24. The summed E-state index contributed by atoms with van der Waals surface area (Å²) in [5.41, 5.74) is 7.15. The van der Waals surface area contributed by atoms with Gasteiger partial charge in [0, 0.05) is 18.5 Å². The molecule has 1 aromatic carbocycles. The molecular weight excluding hydrogens is 179 g/mol. The van der Waals surface area contributed by atoms with Crippen LogP contribution in [0.2, 0.25) is 0 Å². The fourth-order valence-electron chi connectivity index (χ4n) is 2.01. The molecule has 1 fully saturated rings. The van der Waals surface area contributed by atoms with E-state index in [0.29, 0.717) is 5.92 Å². The van der Waals surface area contributed by atoms with Gasteiger partial charge in [-0.05, 0) is 30.7 Å². The molecule has 2 rings (SSSR count). The van der Waals surface area contributed by atoms with E-state index in [4.69, 9.17) is 5.73 Å². The topological polar surface area (TPSA) is 38.0 Å². The van der Waals surface area contributed by atoms with Gasteiger partial charge in [0.15, 0.2) is 0 Å². The number of benzene rings is 1. The molecule has 3 N–H and O–H groups in total. The minimum absolute atomic E-state index is 0.147. The zero-order valence-corrected chi connectivity index (χ0v) is 8.04. The van der Waals surface area contributed by atoms with Crippen LogP contribution < -0.4 is 11.1 Å². The van der Waals surface area contributed by atoms with Gasteiger partial charge in [-0.25, -0.2) is 4.39 Å². The lowest BCUT2D eigenvalue weighted by Crippen LogP contribution is -2.44. The van der Waals surface area contributed by atoms with Crippen molar-refractivity contribution in [3.63, 3.8) is 0 Å². The Bertz CT molecular complexity index is 297. The largest absolute Gasteiger partial charge is 0.326 e. The lowest BCUT2D eigenvalue weighted by atomic mass is 9.87. The molecule has 76 valence electrons. The highest BCUT2D eigenvalue weighted by atomic mass is 19.1. The molecule has 0 saturated carbocycles. The maximum Gasteiger partial charge on any atom is 0.123 e. The van der Waals surface area contributed by atoms with Crippen molar-refractivity contribution in [3.8, 4) is 0 Å². The van der Waals surface area contributed by atoms with Gasteiger partial charge >= 0.3 is 0 Å². The summed E-state index contributed by atoms with van der Waals surface area (Å²) in [5.74, 6) is 0.188. The predicted molar refractivity (Wildman–Crippen MR) is 54.6 cm³/mol. The molecule has 0 aliphatic carbocycles. The van der Waals surface area contributed by atoms with E-state index < -0.39 is 0 Å². The van der Waals surface area contributed by atoms with E-state index in [0.717, 1.165) is 25.1 Å². The SMILES string of the molecule is N[C@@H]1CNCC[C@@H]1c1ccc(F)cc1. The van der Waals surface area contributed by atoms with Crippen molar-refractivity contribution in [1.82, 2.24) is 5.32 Å². The Labute approximate surface area is 83.3 Å². The van der Waals surface area contributed by atoms with E-state index in [1.165, 1.54) is 12.1 Å². The van der Waals surface area contributed by atoms with Crippen molar-refractivity contribution in [2.75, 3.05) is 13.1 Å². The molecule has 14 heavy (non-hydrogen) atoms. The van der Waals surface area contributed by atoms with Crippen molar-refractivity contribution in [1.29, 1.82) is 0 Å². The minimum atomic E-state index is -0.184. The molecule has 2 nitrogen and oxygen atoms in total. The molecule has 1 heterocycles. The van der Waals surface area contributed by atoms with E-state index in [2.05, 4.69) is 5.32 Å². The van der Waals surface area contributed by atoms with Crippen LogP contribution in [0.25, 0.3) is 0 Å². The molecule has 0 amide bonds. The van der Waals surface area contributed by atoms with Crippen LogP contribution in [0, 0.1) is 5.82 Å². The molecular formula is C11H15FN2. The summed E-state index contributed by atoms with van der Waals surface area (Å²) in [6, 6.07) is 6.83. The molecule has 0 spiro atoms. The Balaban J connectivity index is 2.16. The second-order valence-electron chi connectivity index (χ2n) is 3.81. The Morgan fingerprint density at radius 3 is 2.64 bits per heavy atom. The second-order valence-corrected chi connectivity index (χ2v) is 3.81. The minimum Gasteiger partial charge on any atom is -0.326 e. The summed E-state index contributed by atoms with van der Waals surface area (Å²) in [6.07, 6.45) is 1.03. The fourth-order valence-corrected chi connectivity index (χ4v) is 2.01. The number of hydrogen-bond acceptors (Lipinski definition) is 2. The quantitative estimate of drug-likeness (QED) is 0.705. The van der Waals surface area contributed by atoms with Crippen molar-refractivity contribution in [3.05, 3.63) is 35.6 Å². The standard InChI is InChI=1S/C11H15FN2/c12-9-3-1-8(2-4-9)10-5-6-14-7-11(10)13/h1-4,10-11,14H,5-7,13H2/t10-,11-/m1/s1. The highest BCUT2D eigenvalue weighted by Gasteiger charge is 2.22. The molecule has 0 unspecified atom stereocenters. The second kappa shape index (κ2) is 4.07. The maximum atomic E-state index is 12.7. The van der Waals surface area contributed by atoms with Gasteiger partial charge in [0.1, 0.15) is 5.82 Å². The summed E-state index contributed by atoms with van der Waals surface area (Å²) >= 11 is 0. The van der Waals surface area contributed by atoms with Gasteiger partial charge in [-0.1, -0.05) is 12.1 Å². The van der Waals surface area contributed by atoms with Crippen LogP contribution in [0.3, 0.4) is 0 Å². The Morgan fingerprint density at radius 1 is 1.29 bits per heavy atom. The number of hydrogen-bond donors (Lipinski definition) is 2. The van der Waals surface area contributed by atoms with Crippen molar-refractivity contribution >= 4 is 0 Å². The van der Waals surface area contributed by atoms with Gasteiger partial charge in [0.05, 0.1) is 0 Å². The Morgan fingerprint density at radius 2 is 2.00 bits per heavy atom. The molecule has 0 radical (unpaired) electrons. The average molecular weight is 194 g/mol. The highest BCUT2D eigenvalue weighted by molar-refractivity contribution is 5.22. The van der Waals surface area contributed by atoms with Crippen LogP contribution in [0.1, 0.15) is 17.9 Å². The van der Waals surface area contributed by atoms with Gasteiger partial charge in [-0.15, -0.1) is 0 Å². The molecule has 3 heteroatoms. The molecule has 1 aliphatic rings. The van der Waals surface area contributed by atoms with Gasteiger partial charge < -0.3 is 11.1 Å². The van der Waals surface area contributed by atoms with E-state index in [1.54, 1.807) is 0 Å². The number of nitrogens with two attached hydrogens (primary N) is 1. The van der Waals surface area contributed by atoms with Crippen molar-refractivity contribution < 1.29 is 4.39 Å². The molecule has 0 aromatic heterocycles. The summed E-state index contributed by atoms with van der Waals surface area (Å²) in [5, 5.41) is 3.25. The number of piperidine rings is 1. The molecule has 1 aromatic rings. The first-order valence-corrected chi connectivity index (χ1v) is 4.99. The Kier molecular flexibility index (Phi) is 2.79. The van der Waals surface area contributed by atoms with Crippen LogP contribution in [-0.4, -0.2) is 19.1 Å². The lowest BCUT2D eigenvalue weighted by Gasteiger charge is -2.29. The average Bonchev–Trinajstić information content (AvgIpc) is 2.20. The first-order chi connectivity index (χ1) is 6.77. The first kappa shape index (κ1) is 9.62. The Hall–Kier alpha value is -0.930. The van der Waals surface area contributed by atoms with Crippen molar-refractivity contribution in [2.45, 2.75) is 18.4 Å². The van der Waals surface area contributed by atoms with Crippen LogP contribution in [0.4, 0.5) is 4.39 Å². The van der Waals surface area contributed by atoms with Gasteiger partial charge in [-0.3, -0.25) is 0 Å². The number of nitrogens with one attached hydrogen (secondary N) is 1. The number of halogens is 1. The summed E-state index contributed by atoms with van der Waals surface area (Å²) < 4.78 is 12.7. The molecule has 0 bridgehead atoms. The third-order valence-electron chi connectivity index (χ3n) is 2.83. The normalized spacial score (nSPS) is 27.6. The fraction of sp³-hybridized carbons (Fsp3) is 0.455. The smallest absolute Gasteiger partial charge is 0.123 e. The summed E-state index contributed by atoms with van der Waals surface area (Å²) in [7, 11) is 0. The summed E-state index contributed by atoms with van der Waals surface area (Å²) in [4.78, 5) is 0. The third-order valence-corrected chi connectivity index (χ3v) is 2.83. The molecule has 2 atom stereocenters. The molecule has 1 aliphatic heterocycles. The van der Waals surface area contributed by atoms with E-state index in [1.807, 2.05) is 12.1 Å². The van der Waals surface area contributed by atoms with Crippen molar-refractivity contribution in [2.24, 2.45) is 5.73 Å². The maximum absolute atomic E-state index is 12.7. The van der Waals surface area contributed by atoms with Crippen LogP contribution in [0.15, 0.2) is 24.3 Å². The zero-order chi connectivity index (χ0) is 9.97. The number of rotatable bonds is 1. The van der Waals surface area contributed by atoms with E-state index in [-0.39, 0.29) is 11.9 Å². The van der Waals surface area contributed by atoms with E-state index in [9.17, 15) is 4.39 Å². The molecule has 1 saturated heterocycles. The van der Waals surface area contributed by atoms with Crippen LogP contribution in [0.5, 0.6) is 0 Å². The predicted octanol–water partition coefficient (Wildman–Crippen LogP) is 1.23. The zero-order valence-electron chi connectivity index (χ0n) is 8.04. The monoisotopic (exact) mass is 194 g/mol. The third kappa shape index (κ3) is 1.94.